The molecule has 0 atom stereocenters. The first-order chi connectivity index (χ1) is 21.3. The van der Waals surface area contributed by atoms with Crippen molar-refractivity contribution in [2.24, 2.45) is 0 Å². The molecule has 11 heteroatoms. The van der Waals surface area contributed by atoms with Crippen LogP contribution in [0.2, 0.25) is 0 Å². The molecule has 0 aliphatic carbocycles. The summed E-state index contributed by atoms with van der Waals surface area (Å²) in [5.74, 6) is -1.44. The van der Waals surface area contributed by atoms with Crippen molar-refractivity contribution < 1.29 is 33.4 Å². The molecule has 2 aromatic heterocycles. The lowest BCUT2D eigenvalue weighted by molar-refractivity contribution is -0.384. The number of para-hydroxylation sites is 2. The number of benzene rings is 4. The highest BCUT2D eigenvalue weighted by atomic mass is 16.6. The Labute approximate surface area is 247 Å². The molecule has 4 aromatic carbocycles. The highest BCUT2D eigenvalue weighted by Gasteiger charge is 2.33. The van der Waals surface area contributed by atoms with Crippen LogP contribution in [0.4, 0.5) is 5.69 Å². The number of ether oxygens (including phenoxy) is 2. The van der Waals surface area contributed by atoms with Crippen LogP contribution in [0.25, 0.3) is 21.9 Å². The van der Waals surface area contributed by atoms with Crippen LogP contribution in [0.5, 0.6) is 23.0 Å². The predicted octanol–water partition coefficient (Wildman–Crippen LogP) is 5.99. The maximum atomic E-state index is 13.5. The first-order valence-electron chi connectivity index (χ1n) is 13.3. The molecular formula is C33H23NO10. The van der Waals surface area contributed by atoms with Crippen LogP contribution >= 0.6 is 0 Å². The molecule has 6 aromatic rings. The molecule has 0 bridgehead atoms. The van der Waals surface area contributed by atoms with E-state index < -0.39 is 33.6 Å². The number of hydrogen-bond acceptors (Lipinski definition) is 10. The van der Waals surface area contributed by atoms with Crippen molar-refractivity contribution in [3.8, 4) is 23.0 Å². The van der Waals surface area contributed by atoms with E-state index in [1.165, 1.54) is 43.5 Å². The number of non-ortho nitro benzene ring substituents is 1. The van der Waals surface area contributed by atoms with Gasteiger partial charge in [-0.1, -0.05) is 30.3 Å². The van der Waals surface area contributed by atoms with Crippen LogP contribution in [-0.2, 0) is 6.61 Å². The summed E-state index contributed by atoms with van der Waals surface area (Å²) in [5.41, 5.74) is -1.44. The fourth-order valence-corrected chi connectivity index (χ4v) is 5.20. The van der Waals surface area contributed by atoms with E-state index in [2.05, 4.69) is 0 Å². The third-order valence-electron chi connectivity index (χ3n) is 7.30. The van der Waals surface area contributed by atoms with Gasteiger partial charge in [-0.2, -0.15) is 0 Å². The van der Waals surface area contributed by atoms with Crippen LogP contribution in [0.3, 0.4) is 0 Å². The second-order valence-electron chi connectivity index (χ2n) is 9.84. The summed E-state index contributed by atoms with van der Waals surface area (Å²) in [6, 6.07) is 23.1. The Balaban J connectivity index is 1.55. The molecule has 0 radical (unpaired) electrons. The van der Waals surface area contributed by atoms with E-state index in [0.717, 1.165) is 0 Å². The van der Waals surface area contributed by atoms with Gasteiger partial charge in [0.1, 0.15) is 40.8 Å². The molecule has 0 amide bonds. The van der Waals surface area contributed by atoms with Crippen LogP contribution in [0.15, 0.2) is 109 Å². The molecule has 0 saturated carbocycles. The highest BCUT2D eigenvalue weighted by Crippen LogP contribution is 2.42. The first-order valence-corrected chi connectivity index (χ1v) is 13.3. The average molecular weight is 594 g/mol. The molecule has 0 spiro atoms. The van der Waals surface area contributed by atoms with Crippen molar-refractivity contribution >= 4 is 27.6 Å². The topological polar surface area (TPSA) is 162 Å². The largest absolute Gasteiger partial charge is 0.507 e. The van der Waals surface area contributed by atoms with E-state index in [1.807, 2.05) is 0 Å². The van der Waals surface area contributed by atoms with Gasteiger partial charge in [-0.05, 0) is 54.1 Å². The van der Waals surface area contributed by atoms with Gasteiger partial charge >= 0.3 is 11.3 Å². The van der Waals surface area contributed by atoms with Gasteiger partial charge in [-0.15, -0.1) is 0 Å². The van der Waals surface area contributed by atoms with Crippen molar-refractivity contribution in [3.63, 3.8) is 0 Å². The molecular weight excluding hydrogens is 570 g/mol. The lowest BCUT2D eigenvalue weighted by Crippen LogP contribution is -2.21. The number of fused-ring (bicyclic) bond motifs is 2. The minimum absolute atomic E-state index is 0.0713. The molecule has 0 aliphatic rings. The molecule has 0 unspecified atom stereocenters. The lowest BCUT2D eigenvalue weighted by Gasteiger charge is -2.21. The summed E-state index contributed by atoms with van der Waals surface area (Å²) in [7, 11) is 1.45. The van der Waals surface area contributed by atoms with Crippen LogP contribution in [-0.4, -0.2) is 22.2 Å². The van der Waals surface area contributed by atoms with Crippen molar-refractivity contribution in [2.45, 2.75) is 12.5 Å². The first kappa shape index (κ1) is 28.0. The Bertz CT molecular complexity index is 2070. The minimum Gasteiger partial charge on any atom is -0.507 e. The number of nitro benzene ring substituents is 1. The fourth-order valence-electron chi connectivity index (χ4n) is 5.20. The predicted molar refractivity (Wildman–Crippen MR) is 160 cm³/mol. The minimum atomic E-state index is -1.35. The summed E-state index contributed by atoms with van der Waals surface area (Å²) in [4.78, 5) is 37.5. The van der Waals surface area contributed by atoms with Crippen molar-refractivity contribution in [2.75, 3.05) is 7.11 Å². The Morgan fingerprint density at radius 3 is 1.86 bits per heavy atom. The Hall–Kier alpha value is -6.10. The Kier molecular flexibility index (Phi) is 7.20. The number of hydrogen-bond donors (Lipinski definition) is 2. The fraction of sp³-hybridized carbons (Fsp3) is 0.0909. The number of aromatic hydroxyl groups is 2. The smallest absolute Gasteiger partial charge is 0.344 e. The van der Waals surface area contributed by atoms with Gasteiger partial charge in [0.15, 0.2) is 0 Å². The standard InChI is InChI=1S/C33H23NO10/c1-41-24-15-10-18(16-19(24)17-42-21-13-11-20(12-14-21)34(39)40)27(28-30(35)22-6-2-4-8-25(22)43-32(28)37)29-31(36)23-7-3-5-9-26(23)44-33(29)38/h2-16,27,35-36H,17H2,1H3. The molecule has 2 heterocycles. The Morgan fingerprint density at radius 2 is 1.34 bits per heavy atom. The number of nitro groups is 1. The summed E-state index contributed by atoms with van der Waals surface area (Å²) < 4.78 is 22.5. The molecule has 0 aliphatic heterocycles. The highest BCUT2D eigenvalue weighted by molar-refractivity contribution is 5.87. The van der Waals surface area contributed by atoms with Crippen molar-refractivity contribution in [3.05, 3.63) is 144 Å². The molecule has 6 rings (SSSR count). The van der Waals surface area contributed by atoms with Gasteiger partial charge in [0, 0.05) is 17.7 Å². The van der Waals surface area contributed by atoms with Crippen LogP contribution < -0.4 is 20.7 Å². The van der Waals surface area contributed by atoms with Crippen LogP contribution in [0.1, 0.15) is 28.2 Å². The molecule has 220 valence electrons. The number of methoxy groups -OCH3 is 1. The van der Waals surface area contributed by atoms with E-state index >= 15 is 0 Å². The van der Waals surface area contributed by atoms with Gasteiger partial charge in [-0.25, -0.2) is 9.59 Å². The van der Waals surface area contributed by atoms with Gasteiger partial charge in [0.05, 0.1) is 39.9 Å². The zero-order chi connectivity index (χ0) is 31.0. The number of rotatable bonds is 8. The van der Waals surface area contributed by atoms with Gasteiger partial charge < -0.3 is 28.5 Å². The monoisotopic (exact) mass is 593 g/mol. The van der Waals surface area contributed by atoms with E-state index in [0.29, 0.717) is 22.6 Å². The lowest BCUT2D eigenvalue weighted by atomic mass is 9.84. The Morgan fingerprint density at radius 1 is 0.795 bits per heavy atom. The number of nitrogens with zero attached hydrogens (tertiary/aromatic N) is 1. The van der Waals surface area contributed by atoms with Crippen molar-refractivity contribution in [1.82, 2.24) is 0 Å². The molecule has 0 saturated heterocycles. The molecule has 44 heavy (non-hydrogen) atoms. The van der Waals surface area contributed by atoms with E-state index in [-0.39, 0.29) is 45.4 Å². The van der Waals surface area contributed by atoms with E-state index in [9.17, 15) is 29.9 Å². The van der Waals surface area contributed by atoms with Crippen molar-refractivity contribution in [1.29, 1.82) is 0 Å². The van der Waals surface area contributed by atoms with E-state index in [1.54, 1.807) is 54.6 Å². The average Bonchev–Trinajstić information content (AvgIpc) is 3.03. The summed E-state index contributed by atoms with van der Waals surface area (Å²) >= 11 is 0. The maximum absolute atomic E-state index is 13.5. The molecule has 0 fully saturated rings. The second kappa shape index (κ2) is 11.3. The second-order valence-corrected chi connectivity index (χ2v) is 9.84. The summed E-state index contributed by atoms with van der Waals surface area (Å²) in [5, 5.41) is 34.3. The van der Waals surface area contributed by atoms with Crippen LogP contribution in [0, 0.1) is 10.1 Å². The molecule has 11 nitrogen and oxygen atoms in total. The van der Waals surface area contributed by atoms with Gasteiger partial charge in [0.2, 0.25) is 0 Å². The van der Waals surface area contributed by atoms with E-state index in [4.69, 9.17) is 18.3 Å². The van der Waals surface area contributed by atoms with Gasteiger partial charge in [0.25, 0.3) is 5.69 Å². The molecule has 2 N–H and O–H groups in total. The zero-order valence-corrected chi connectivity index (χ0v) is 23.1. The SMILES string of the molecule is COc1ccc(C(c2c(O)c3ccccc3oc2=O)c2c(O)c3ccccc3oc2=O)cc1COc1ccc([N+](=O)[O-])cc1. The third kappa shape index (κ3) is 4.96. The van der Waals surface area contributed by atoms with Gasteiger partial charge in [-0.3, -0.25) is 10.1 Å². The zero-order valence-electron chi connectivity index (χ0n) is 23.1. The summed E-state index contributed by atoms with van der Waals surface area (Å²) in [6.45, 7) is -0.0713. The maximum Gasteiger partial charge on any atom is 0.344 e. The third-order valence-corrected chi connectivity index (χ3v) is 7.30. The normalized spacial score (nSPS) is 11.2. The quantitative estimate of drug-likeness (QED) is 0.122. The summed E-state index contributed by atoms with van der Waals surface area (Å²) in [6.07, 6.45) is 0.